The number of amides is 1. The van der Waals surface area contributed by atoms with Gasteiger partial charge in [-0.05, 0) is 26.8 Å². The SMILES string of the molecule is CC(C)N(C)C(=O)CNCCCC(=O)O. The van der Waals surface area contributed by atoms with Crippen molar-refractivity contribution in [1.29, 1.82) is 0 Å². The first-order valence-electron chi connectivity index (χ1n) is 5.13. The molecule has 0 rings (SSSR count). The fourth-order valence-electron chi connectivity index (χ4n) is 0.973. The number of nitrogens with zero attached hydrogens (tertiary/aromatic N) is 1. The average molecular weight is 216 g/mol. The van der Waals surface area contributed by atoms with Crippen LogP contribution in [0.1, 0.15) is 26.7 Å². The van der Waals surface area contributed by atoms with Crippen LogP contribution in [0.4, 0.5) is 0 Å². The molecule has 88 valence electrons. The van der Waals surface area contributed by atoms with Crippen LogP contribution in [0.25, 0.3) is 0 Å². The summed E-state index contributed by atoms with van der Waals surface area (Å²) in [7, 11) is 1.76. The molecule has 0 aromatic heterocycles. The Kier molecular flexibility index (Phi) is 6.70. The standard InChI is InChI=1S/C10H20N2O3/c1-8(2)12(3)9(13)7-11-6-4-5-10(14)15/h8,11H,4-7H2,1-3H3,(H,14,15). The van der Waals surface area contributed by atoms with Gasteiger partial charge in [-0.2, -0.15) is 0 Å². The van der Waals surface area contributed by atoms with Gasteiger partial charge in [-0.1, -0.05) is 0 Å². The number of carboxylic acid groups (broad SMARTS) is 1. The molecule has 1 amide bonds. The normalized spacial score (nSPS) is 10.4. The first-order chi connectivity index (χ1) is 6.95. The van der Waals surface area contributed by atoms with E-state index >= 15 is 0 Å². The molecule has 0 saturated heterocycles. The Morgan fingerprint density at radius 3 is 2.47 bits per heavy atom. The van der Waals surface area contributed by atoms with E-state index in [0.29, 0.717) is 13.0 Å². The molecule has 2 N–H and O–H groups in total. The van der Waals surface area contributed by atoms with E-state index in [1.807, 2.05) is 13.8 Å². The van der Waals surface area contributed by atoms with Crippen LogP contribution < -0.4 is 5.32 Å². The van der Waals surface area contributed by atoms with E-state index in [0.717, 1.165) is 0 Å². The minimum absolute atomic E-state index is 0.0281. The summed E-state index contributed by atoms with van der Waals surface area (Å²) in [5.74, 6) is -0.775. The maximum absolute atomic E-state index is 11.4. The molecule has 0 aliphatic heterocycles. The lowest BCUT2D eigenvalue weighted by Gasteiger charge is -2.21. The maximum atomic E-state index is 11.4. The van der Waals surface area contributed by atoms with Crippen molar-refractivity contribution in [1.82, 2.24) is 10.2 Å². The second-order valence-electron chi connectivity index (χ2n) is 3.77. The van der Waals surface area contributed by atoms with Gasteiger partial charge in [-0.15, -0.1) is 0 Å². The van der Waals surface area contributed by atoms with Crippen molar-refractivity contribution in [2.45, 2.75) is 32.7 Å². The molecule has 0 radical (unpaired) electrons. The van der Waals surface area contributed by atoms with Crippen molar-refractivity contribution in [3.63, 3.8) is 0 Å². The molecule has 0 atom stereocenters. The van der Waals surface area contributed by atoms with Crippen molar-refractivity contribution < 1.29 is 14.7 Å². The maximum Gasteiger partial charge on any atom is 0.303 e. The lowest BCUT2D eigenvalue weighted by Crippen LogP contribution is -2.39. The fourth-order valence-corrected chi connectivity index (χ4v) is 0.973. The van der Waals surface area contributed by atoms with Gasteiger partial charge in [-0.3, -0.25) is 9.59 Å². The smallest absolute Gasteiger partial charge is 0.303 e. The highest BCUT2D eigenvalue weighted by Crippen LogP contribution is 1.93. The fraction of sp³-hybridized carbons (Fsp3) is 0.800. The largest absolute Gasteiger partial charge is 0.481 e. The molecule has 0 aliphatic carbocycles. The van der Waals surface area contributed by atoms with Crippen molar-refractivity contribution in [3.8, 4) is 0 Å². The Morgan fingerprint density at radius 2 is 2.00 bits per heavy atom. The molecular weight excluding hydrogens is 196 g/mol. The third-order valence-electron chi connectivity index (χ3n) is 2.19. The zero-order chi connectivity index (χ0) is 11.8. The summed E-state index contributed by atoms with van der Waals surface area (Å²) in [5.41, 5.74) is 0. The van der Waals surface area contributed by atoms with E-state index in [4.69, 9.17) is 5.11 Å². The number of nitrogens with one attached hydrogen (secondary N) is 1. The van der Waals surface area contributed by atoms with Gasteiger partial charge < -0.3 is 15.3 Å². The van der Waals surface area contributed by atoms with Gasteiger partial charge in [0.15, 0.2) is 0 Å². The Hall–Kier alpha value is -1.10. The number of hydrogen-bond acceptors (Lipinski definition) is 3. The van der Waals surface area contributed by atoms with E-state index in [9.17, 15) is 9.59 Å². The number of carbonyl (C=O) groups is 2. The Morgan fingerprint density at radius 1 is 1.40 bits per heavy atom. The van der Waals surface area contributed by atoms with Gasteiger partial charge >= 0.3 is 5.97 Å². The topological polar surface area (TPSA) is 69.6 Å². The summed E-state index contributed by atoms with van der Waals surface area (Å²) in [5, 5.41) is 11.3. The highest BCUT2D eigenvalue weighted by atomic mass is 16.4. The van der Waals surface area contributed by atoms with Crippen LogP contribution in [-0.2, 0) is 9.59 Å². The van der Waals surface area contributed by atoms with Crippen LogP contribution in [0.3, 0.4) is 0 Å². The Balaban J connectivity index is 3.51. The zero-order valence-corrected chi connectivity index (χ0v) is 9.62. The van der Waals surface area contributed by atoms with E-state index in [-0.39, 0.29) is 24.9 Å². The molecule has 0 unspecified atom stereocenters. The van der Waals surface area contributed by atoms with Crippen LogP contribution in [0.5, 0.6) is 0 Å². The summed E-state index contributed by atoms with van der Waals surface area (Å²) < 4.78 is 0. The van der Waals surface area contributed by atoms with E-state index in [1.165, 1.54) is 0 Å². The van der Waals surface area contributed by atoms with Crippen LogP contribution in [0, 0.1) is 0 Å². The summed E-state index contributed by atoms with van der Waals surface area (Å²) in [6.45, 7) is 4.73. The van der Waals surface area contributed by atoms with Crippen molar-refractivity contribution in [2.24, 2.45) is 0 Å². The molecular formula is C10H20N2O3. The van der Waals surface area contributed by atoms with Crippen molar-refractivity contribution in [3.05, 3.63) is 0 Å². The number of carboxylic acids is 1. The molecule has 0 fully saturated rings. The van der Waals surface area contributed by atoms with Crippen LogP contribution in [-0.4, -0.2) is 48.1 Å². The predicted octanol–water partition coefficient (Wildman–Crippen LogP) is 0.308. The lowest BCUT2D eigenvalue weighted by molar-refractivity contribution is -0.137. The third kappa shape index (κ3) is 6.90. The number of hydrogen-bond donors (Lipinski definition) is 2. The quantitative estimate of drug-likeness (QED) is 0.601. The molecule has 0 aromatic rings. The second-order valence-corrected chi connectivity index (χ2v) is 3.77. The van der Waals surface area contributed by atoms with Crippen LogP contribution in [0.2, 0.25) is 0 Å². The molecule has 5 heteroatoms. The highest BCUT2D eigenvalue weighted by Gasteiger charge is 2.10. The second kappa shape index (κ2) is 7.23. The number of carbonyl (C=O) groups excluding carboxylic acids is 1. The first kappa shape index (κ1) is 13.9. The minimum Gasteiger partial charge on any atom is -0.481 e. The minimum atomic E-state index is -0.803. The first-order valence-corrected chi connectivity index (χ1v) is 5.13. The molecule has 0 aliphatic rings. The van der Waals surface area contributed by atoms with Gasteiger partial charge in [0.2, 0.25) is 5.91 Å². The predicted molar refractivity (Wildman–Crippen MR) is 57.6 cm³/mol. The van der Waals surface area contributed by atoms with E-state index in [2.05, 4.69) is 5.32 Å². The molecule has 0 bridgehead atoms. The van der Waals surface area contributed by atoms with Crippen LogP contribution in [0.15, 0.2) is 0 Å². The number of rotatable bonds is 7. The third-order valence-corrected chi connectivity index (χ3v) is 2.19. The monoisotopic (exact) mass is 216 g/mol. The van der Waals surface area contributed by atoms with Crippen molar-refractivity contribution in [2.75, 3.05) is 20.1 Å². The molecule has 15 heavy (non-hydrogen) atoms. The molecule has 0 aromatic carbocycles. The van der Waals surface area contributed by atoms with Gasteiger partial charge in [0, 0.05) is 19.5 Å². The summed E-state index contributed by atoms with van der Waals surface area (Å²) in [4.78, 5) is 23.3. The average Bonchev–Trinajstić information content (AvgIpc) is 2.15. The molecule has 0 spiro atoms. The summed E-state index contributed by atoms with van der Waals surface area (Å²) >= 11 is 0. The van der Waals surface area contributed by atoms with Gasteiger partial charge in [-0.25, -0.2) is 0 Å². The summed E-state index contributed by atoms with van der Waals surface area (Å²) in [6, 6.07) is 0.193. The van der Waals surface area contributed by atoms with Crippen LogP contribution >= 0.6 is 0 Å². The zero-order valence-electron chi connectivity index (χ0n) is 9.62. The van der Waals surface area contributed by atoms with Crippen molar-refractivity contribution >= 4 is 11.9 Å². The Bertz CT molecular complexity index is 217. The van der Waals surface area contributed by atoms with Gasteiger partial charge in [0.25, 0.3) is 0 Å². The molecule has 0 saturated carbocycles. The number of aliphatic carboxylic acids is 1. The highest BCUT2D eigenvalue weighted by molar-refractivity contribution is 5.78. The molecule has 5 nitrogen and oxygen atoms in total. The van der Waals surface area contributed by atoms with Gasteiger partial charge in [0.05, 0.1) is 6.54 Å². The van der Waals surface area contributed by atoms with E-state index in [1.54, 1.807) is 11.9 Å². The van der Waals surface area contributed by atoms with E-state index < -0.39 is 5.97 Å². The van der Waals surface area contributed by atoms with Gasteiger partial charge in [0.1, 0.15) is 0 Å². The molecule has 0 heterocycles. The summed E-state index contributed by atoms with van der Waals surface area (Å²) in [6.07, 6.45) is 0.690. The lowest BCUT2D eigenvalue weighted by atomic mass is 10.3. The number of likely N-dealkylation sites (N-methyl/N-ethyl adjacent to an activating group) is 1. The Labute approximate surface area is 90.5 Å².